The van der Waals surface area contributed by atoms with Gasteiger partial charge in [0.25, 0.3) is 0 Å². The Balaban J connectivity index is 1.95. The van der Waals surface area contributed by atoms with Crippen LogP contribution in [0.1, 0.15) is 31.0 Å². The fourth-order valence-corrected chi connectivity index (χ4v) is 3.13. The van der Waals surface area contributed by atoms with Crippen molar-refractivity contribution < 1.29 is 4.79 Å². The molecular weight excluding hydrogens is 276 g/mol. The molecular formula is C14H18N2OS2. The molecule has 0 fully saturated rings. The van der Waals surface area contributed by atoms with Crippen molar-refractivity contribution in [2.75, 3.05) is 6.54 Å². The van der Waals surface area contributed by atoms with E-state index in [2.05, 4.69) is 21.8 Å². The van der Waals surface area contributed by atoms with E-state index < -0.39 is 0 Å². The first-order valence-electron chi connectivity index (χ1n) is 6.45. The SMILES string of the molecule is CCCC(=O)N(CCc1cscn1)Cc1ccsc1. The molecule has 2 rings (SSSR count). The van der Waals surface area contributed by atoms with Gasteiger partial charge in [0.1, 0.15) is 0 Å². The van der Waals surface area contributed by atoms with Crippen molar-refractivity contribution in [2.24, 2.45) is 0 Å². The molecule has 2 aromatic rings. The third kappa shape index (κ3) is 4.44. The Labute approximate surface area is 121 Å². The van der Waals surface area contributed by atoms with Crippen LogP contribution in [0.4, 0.5) is 0 Å². The Morgan fingerprint density at radius 2 is 2.26 bits per heavy atom. The molecule has 0 spiro atoms. The van der Waals surface area contributed by atoms with Crippen LogP contribution >= 0.6 is 22.7 Å². The molecule has 0 aliphatic heterocycles. The minimum absolute atomic E-state index is 0.240. The zero-order valence-corrected chi connectivity index (χ0v) is 12.7. The van der Waals surface area contributed by atoms with Gasteiger partial charge in [-0.05, 0) is 28.8 Å². The van der Waals surface area contributed by atoms with Crippen molar-refractivity contribution in [2.45, 2.75) is 32.7 Å². The molecule has 0 atom stereocenters. The van der Waals surface area contributed by atoms with Crippen LogP contribution in [-0.2, 0) is 17.8 Å². The molecule has 0 unspecified atom stereocenters. The van der Waals surface area contributed by atoms with Gasteiger partial charge in [0, 0.05) is 31.3 Å². The molecule has 0 saturated carbocycles. The summed E-state index contributed by atoms with van der Waals surface area (Å²) in [6, 6.07) is 2.08. The molecule has 19 heavy (non-hydrogen) atoms. The van der Waals surface area contributed by atoms with Gasteiger partial charge >= 0.3 is 0 Å². The fraction of sp³-hybridized carbons (Fsp3) is 0.429. The second kappa shape index (κ2) is 7.40. The average Bonchev–Trinajstić information content (AvgIpc) is 3.08. The van der Waals surface area contributed by atoms with Crippen LogP contribution < -0.4 is 0 Å². The molecule has 3 nitrogen and oxygen atoms in total. The van der Waals surface area contributed by atoms with E-state index in [9.17, 15) is 4.79 Å². The Kier molecular flexibility index (Phi) is 5.54. The fourth-order valence-electron chi connectivity index (χ4n) is 1.88. The summed E-state index contributed by atoms with van der Waals surface area (Å²) in [6.45, 7) is 3.51. The third-order valence-corrected chi connectivity index (χ3v) is 4.26. The van der Waals surface area contributed by atoms with Gasteiger partial charge in [-0.25, -0.2) is 4.98 Å². The summed E-state index contributed by atoms with van der Waals surface area (Å²) in [5, 5.41) is 6.21. The van der Waals surface area contributed by atoms with E-state index in [-0.39, 0.29) is 5.91 Å². The molecule has 0 bridgehead atoms. The number of thiazole rings is 1. The first-order valence-corrected chi connectivity index (χ1v) is 8.34. The normalized spacial score (nSPS) is 10.6. The summed E-state index contributed by atoms with van der Waals surface area (Å²) < 4.78 is 0. The number of rotatable bonds is 7. The number of amides is 1. The summed E-state index contributed by atoms with van der Waals surface area (Å²) in [5.74, 6) is 0.240. The topological polar surface area (TPSA) is 33.2 Å². The molecule has 0 aliphatic carbocycles. The van der Waals surface area contributed by atoms with E-state index in [0.717, 1.165) is 25.1 Å². The van der Waals surface area contributed by atoms with Gasteiger partial charge in [-0.1, -0.05) is 6.92 Å². The van der Waals surface area contributed by atoms with Crippen LogP contribution in [0, 0.1) is 0 Å². The third-order valence-electron chi connectivity index (χ3n) is 2.89. The van der Waals surface area contributed by atoms with Gasteiger partial charge in [-0.3, -0.25) is 4.79 Å². The maximum atomic E-state index is 12.1. The first-order chi connectivity index (χ1) is 9.29. The molecule has 102 valence electrons. The van der Waals surface area contributed by atoms with Crippen LogP contribution in [0.2, 0.25) is 0 Å². The van der Waals surface area contributed by atoms with Crippen molar-refractivity contribution in [3.8, 4) is 0 Å². The second-order valence-corrected chi connectivity index (χ2v) is 5.93. The lowest BCUT2D eigenvalue weighted by molar-refractivity contribution is -0.131. The van der Waals surface area contributed by atoms with Gasteiger partial charge in [0.2, 0.25) is 5.91 Å². The quantitative estimate of drug-likeness (QED) is 0.782. The van der Waals surface area contributed by atoms with Crippen molar-refractivity contribution in [3.63, 3.8) is 0 Å². The highest BCUT2D eigenvalue weighted by Crippen LogP contribution is 2.12. The maximum absolute atomic E-state index is 12.1. The van der Waals surface area contributed by atoms with Gasteiger partial charge in [0.15, 0.2) is 0 Å². The summed E-state index contributed by atoms with van der Waals surface area (Å²) in [5.41, 5.74) is 4.13. The predicted molar refractivity (Wildman–Crippen MR) is 80.5 cm³/mol. The number of carbonyl (C=O) groups is 1. The van der Waals surface area contributed by atoms with Crippen molar-refractivity contribution >= 4 is 28.6 Å². The monoisotopic (exact) mass is 294 g/mol. The lowest BCUT2D eigenvalue weighted by atomic mass is 10.2. The van der Waals surface area contributed by atoms with Crippen LogP contribution in [-0.4, -0.2) is 22.3 Å². The molecule has 2 aromatic heterocycles. The molecule has 5 heteroatoms. The van der Waals surface area contributed by atoms with E-state index in [1.165, 1.54) is 5.56 Å². The largest absolute Gasteiger partial charge is 0.338 e. The summed E-state index contributed by atoms with van der Waals surface area (Å²) in [7, 11) is 0. The second-order valence-electron chi connectivity index (χ2n) is 4.43. The van der Waals surface area contributed by atoms with Crippen LogP contribution in [0.15, 0.2) is 27.7 Å². The van der Waals surface area contributed by atoms with Crippen molar-refractivity contribution in [1.82, 2.24) is 9.88 Å². The summed E-state index contributed by atoms with van der Waals surface area (Å²) in [6.07, 6.45) is 2.36. The Hall–Kier alpha value is -1.20. The highest BCUT2D eigenvalue weighted by Gasteiger charge is 2.13. The van der Waals surface area contributed by atoms with E-state index in [4.69, 9.17) is 0 Å². The standard InChI is InChI=1S/C14H18N2OS2/c1-2-3-14(17)16(8-12-5-7-18-9-12)6-4-13-10-19-11-15-13/h5,7,9-11H,2-4,6,8H2,1H3. The molecule has 0 aliphatic rings. The smallest absolute Gasteiger partial charge is 0.222 e. The Bertz CT molecular complexity index is 480. The summed E-state index contributed by atoms with van der Waals surface area (Å²) >= 11 is 3.28. The van der Waals surface area contributed by atoms with E-state index in [1.807, 2.05) is 22.7 Å². The average molecular weight is 294 g/mol. The van der Waals surface area contributed by atoms with Crippen LogP contribution in [0.3, 0.4) is 0 Å². The Morgan fingerprint density at radius 1 is 1.37 bits per heavy atom. The number of carbonyl (C=O) groups excluding carboxylic acids is 1. The lowest BCUT2D eigenvalue weighted by Gasteiger charge is -2.22. The van der Waals surface area contributed by atoms with Gasteiger partial charge < -0.3 is 4.90 Å². The van der Waals surface area contributed by atoms with Crippen LogP contribution in [0.5, 0.6) is 0 Å². The van der Waals surface area contributed by atoms with E-state index >= 15 is 0 Å². The molecule has 0 aromatic carbocycles. The molecule has 2 heterocycles. The molecule has 0 radical (unpaired) electrons. The Morgan fingerprint density at radius 3 is 2.89 bits per heavy atom. The van der Waals surface area contributed by atoms with Gasteiger partial charge in [-0.2, -0.15) is 11.3 Å². The van der Waals surface area contributed by atoms with Gasteiger partial charge in [0.05, 0.1) is 11.2 Å². The first kappa shape index (κ1) is 14.2. The minimum Gasteiger partial charge on any atom is -0.338 e. The van der Waals surface area contributed by atoms with Crippen LogP contribution in [0.25, 0.3) is 0 Å². The number of hydrogen-bond donors (Lipinski definition) is 0. The number of aromatic nitrogens is 1. The van der Waals surface area contributed by atoms with E-state index in [0.29, 0.717) is 13.0 Å². The van der Waals surface area contributed by atoms with E-state index in [1.54, 1.807) is 22.7 Å². The highest BCUT2D eigenvalue weighted by atomic mass is 32.1. The lowest BCUT2D eigenvalue weighted by Crippen LogP contribution is -2.32. The number of nitrogens with zero attached hydrogens (tertiary/aromatic N) is 2. The number of hydrogen-bond acceptors (Lipinski definition) is 4. The van der Waals surface area contributed by atoms with Crippen molar-refractivity contribution in [3.05, 3.63) is 39.0 Å². The van der Waals surface area contributed by atoms with Gasteiger partial charge in [-0.15, -0.1) is 11.3 Å². The summed E-state index contributed by atoms with van der Waals surface area (Å²) in [4.78, 5) is 18.4. The van der Waals surface area contributed by atoms with Crippen molar-refractivity contribution in [1.29, 1.82) is 0 Å². The zero-order valence-electron chi connectivity index (χ0n) is 11.0. The highest BCUT2D eigenvalue weighted by molar-refractivity contribution is 7.08. The molecule has 0 N–H and O–H groups in total. The minimum atomic E-state index is 0.240. The molecule has 1 amide bonds. The number of thiophene rings is 1. The zero-order chi connectivity index (χ0) is 13.5. The molecule has 0 saturated heterocycles. The maximum Gasteiger partial charge on any atom is 0.222 e. The predicted octanol–water partition coefficient (Wildman–Crippen LogP) is 3.58.